The monoisotopic (exact) mass is 608 g/mol. The van der Waals surface area contributed by atoms with Gasteiger partial charge in [-0.25, -0.2) is 4.79 Å². The molecule has 6 rings (SSSR count). The molecule has 3 N–H and O–H groups in total. The number of aliphatic carboxylic acids is 1. The maximum Gasteiger partial charge on any atom is 0.340 e. The molecule has 0 unspecified atom stereocenters. The summed E-state index contributed by atoms with van der Waals surface area (Å²) in [5, 5.41) is 33.7. The van der Waals surface area contributed by atoms with Gasteiger partial charge >= 0.3 is 5.97 Å². The summed E-state index contributed by atoms with van der Waals surface area (Å²) >= 11 is 6.39. The van der Waals surface area contributed by atoms with Crippen LogP contribution in [0, 0.1) is 11.8 Å². The molecule has 230 valence electrons. The number of carbonyl (C=O) groups excluding carboxylic acids is 1. The third kappa shape index (κ3) is 5.42. The molecular formula is C34H41ClN2O6. The molecule has 2 aromatic rings. The lowest BCUT2D eigenvalue weighted by Crippen LogP contribution is -2.49. The lowest BCUT2D eigenvalue weighted by molar-refractivity contribution is -0.165. The van der Waals surface area contributed by atoms with Gasteiger partial charge in [0.15, 0.2) is 5.60 Å². The zero-order valence-corrected chi connectivity index (χ0v) is 25.6. The van der Waals surface area contributed by atoms with Gasteiger partial charge < -0.3 is 29.9 Å². The molecule has 1 fully saturated rings. The summed E-state index contributed by atoms with van der Waals surface area (Å²) in [5.74, 6) is -1.01. The number of carbonyl (C=O) groups is 2. The van der Waals surface area contributed by atoms with Crippen LogP contribution in [0.2, 0.25) is 5.02 Å². The molecule has 6 atom stereocenters. The van der Waals surface area contributed by atoms with Gasteiger partial charge in [0, 0.05) is 36.6 Å². The Balaban J connectivity index is 1.46. The Morgan fingerprint density at radius 3 is 2.72 bits per heavy atom. The lowest BCUT2D eigenvalue weighted by atomic mass is 9.68. The number of nitrogens with zero attached hydrogens (tertiary/aromatic N) is 2. The lowest BCUT2D eigenvalue weighted by Gasteiger charge is -2.45. The van der Waals surface area contributed by atoms with Gasteiger partial charge in [-0.2, -0.15) is 0 Å². The van der Waals surface area contributed by atoms with Crippen molar-refractivity contribution in [3.63, 3.8) is 0 Å². The molecule has 2 aliphatic carbocycles. The summed E-state index contributed by atoms with van der Waals surface area (Å²) in [4.78, 5) is 29.6. The second-order valence-electron chi connectivity index (χ2n) is 13.1. The first kappa shape index (κ1) is 30.0. The van der Waals surface area contributed by atoms with Crippen LogP contribution < -0.4 is 9.64 Å². The van der Waals surface area contributed by atoms with Crippen LogP contribution in [0.1, 0.15) is 62.1 Å². The number of halogens is 1. The molecule has 43 heavy (non-hydrogen) atoms. The van der Waals surface area contributed by atoms with Crippen LogP contribution in [0.4, 0.5) is 5.69 Å². The quantitative estimate of drug-likeness (QED) is 0.404. The number of carboxylic acids is 1. The highest BCUT2D eigenvalue weighted by Crippen LogP contribution is 2.47. The fourth-order valence-corrected chi connectivity index (χ4v) is 7.73. The minimum atomic E-state index is -2.41. The third-order valence-corrected chi connectivity index (χ3v) is 10.7. The van der Waals surface area contributed by atoms with E-state index >= 15 is 0 Å². The summed E-state index contributed by atoms with van der Waals surface area (Å²) in [6, 6.07) is 10.9. The van der Waals surface area contributed by atoms with Crippen LogP contribution in [-0.2, 0) is 27.0 Å². The van der Waals surface area contributed by atoms with E-state index < -0.39 is 30.0 Å². The molecule has 0 aromatic heterocycles. The highest BCUT2D eigenvalue weighted by Gasteiger charge is 2.46. The average molecular weight is 609 g/mol. The molecule has 1 amide bonds. The number of hydrogen-bond acceptors (Lipinski definition) is 6. The van der Waals surface area contributed by atoms with Gasteiger partial charge in [-0.15, -0.1) is 0 Å². The van der Waals surface area contributed by atoms with Gasteiger partial charge in [0.05, 0.1) is 24.8 Å². The largest absolute Gasteiger partial charge is 0.490 e. The molecule has 4 aliphatic rings. The number of anilines is 1. The fraction of sp³-hybridized carbons (Fsp3) is 0.529. The van der Waals surface area contributed by atoms with Gasteiger partial charge in [-0.05, 0) is 98.2 Å². The Morgan fingerprint density at radius 1 is 1.16 bits per heavy atom. The Morgan fingerprint density at radius 2 is 1.98 bits per heavy atom. The maximum absolute atomic E-state index is 13.3. The van der Waals surface area contributed by atoms with Gasteiger partial charge in [0.1, 0.15) is 5.75 Å². The zero-order valence-electron chi connectivity index (χ0n) is 24.8. The van der Waals surface area contributed by atoms with E-state index in [0.717, 1.165) is 32.1 Å². The van der Waals surface area contributed by atoms with E-state index in [1.807, 2.05) is 25.1 Å². The number of hydrogen-bond donors (Lipinski definition) is 3. The minimum Gasteiger partial charge on any atom is -0.490 e. The fourth-order valence-electron chi connectivity index (χ4n) is 7.53. The topological polar surface area (TPSA) is 111 Å². The summed E-state index contributed by atoms with van der Waals surface area (Å²) in [7, 11) is 1.62. The van der Waals surface area contributed by atoms with Crippen LogP contribution in [0.5, 0.6) is 5.75 Å². The average Bonchev–Trinajstić information content (AvgIpc) is 3.11. The molecule has 2 aromatic carbocycles. The van der Waals surface area contributed by atoms with Crippen molar-refractivity contribution in [2.75, 3.05) is 31.6 Å². The minimum absolute atomic E-state index is 0.0963. The molecule has 2 aliphatic heterocycles. The Kier molecular flexibility index (Phi) is 7.98. The van der Waals surface area contributed by atoms with Crippen molar-refractivity contribution in [2.24, 2.45) is 11.8 Å². The molecule has 1 saturated carbocycles. The van der Waals surface area contributed by atoms with Crippen molar-refractivity contribution >= 4 is 29.2 Å². The number of amides is 1. The van der Waals surface area contributed by atoms with E-state index in [-0.39, 0.29) is 28.9 Å². The number of fused-ring (bicyclic) bond motifs is 4. The Hall–Kier alpha value is -3.07. The Labute approximate surface area is 257 Å². The van der Waals surface area contributed by atoms with E-state index in [1.165, 1.54) is 16.0 Å². The Bertz CT molecular complexity index is 1450. The number of aliphatic hydroxyl groups is 2. The molecule has 0 saturated heterocycles. The van der Waals surface area contributed by atoms with Gasteiger partial charge in [0.25, 0.3) is 0 Å². The first-order chi connectivity index (χ1) is 20.5. The zero-order chi connectivity index (χ0) is 30.5. The molecule has 2 heterocycles. The van der Waals surface area contributed by atoms with Crippen LogP contribution in [-0.4, -0.2) is 71.0 Å². The van der Waals surface area contributed by atoms with Crippen LogP contribution in [0.15, 0.2) is 48.6 Å². The molecular weight excluding hydrogens is 568 g/mol. The number of rotatable bonds is 1. The van der Waals surface area contributed by atoms with Crippen LogP contribution >= 0.6 is 11.6 Å². The maximum atomic E-state index is 13.3. The summed E-state index contributed by atoms with van der Waals surface area (Å²) < 4.78 is 6.54. The van der Waals surface area contributed by atoms with Crippen molar-refractivity contribution in [3.8, 4) is 5.75 Å². The van der Waals surface area contributed by atoms with Gasteiger partial charge in [-0.1, -0.05) is 35.9 Å². The van der Waals surface area contributed by atoms with E-state index in [2.05, 4.69) is 17.0 Å². The standard InChI is InChI=1S/C34H41ClN2O6/c1-21-5-3-7-29(38)26-11-8-23(26)18-37-19-33(14-4-6-22-15-25(35)10-12-27(22)33)20-43-30-13-9-24(16-28(30)37)34(42,32(40)41)17-31(39)36(21)2/h3,7,9-10,12-13,15-16,21,23,26,29,38,42H,4-6,8,11,14,17-20H2,1-2H3,(H,40,41)/b7-3-/t21-,23+,26-,29+,33+,34-/m1/s1. The van der Waals surface area contributed by atoms with E-state index in [9.17, 15) is 24.9 Å². The summed E-state index contributed by atoms with van der Waals surface area (Å²) in [6.07, 6.45) is 7.84. The predicted octanol–water partition coefficient (Wildman–Crippen LogP) is 4.67. The second kappa shape index (κ2) is 11.5. The van der Waals surface area contributed by atoms with Gasteiger partial charge in [-0.3, -0.25) is 4.79 Å². The second-order valence-corrected chi connectivity index (χ2v) is 13.6. The number of aryl methyl sites for hydroxylation is 1. The first-order valence-electron chi connectivity index (χ1n) is 15.4. The highest BCUT2D eigenvalue weighted by atomic mass is 35.5. The summed E-state index contributed by atoms with van der Waals surface area (Å²) in [6.45, 7) is 3.62. The smallest absolute Gasteiger partial charge is 0.340 e. The molecule has 8 nitrogen and oxygen atoms in total. The van der Waals surface area contributed by atoms with Crippen molar-refractivity contribution < 1.29 is 29.6 Å². The van der Waals surface area contributed by atoms with E-state index in [4.69, 9.17) is 16.3 Å². The van der Waals surface area contributed by atoms with Gasteiger partial charge in [0.2, 0.25) is 5.91 Å². The number of benzene rings is 2. The van der Waals surface area contributed by atoms with E-state index in [0.29, 0.717) is 42.6 Å². The molecule has 2 bridgehead atoms. The number of aliphatic hydroxyl groups excluding tert-OH is 1. The SMILES string of the molecule is C[C@@H]1C/C=C\[C@H](O)[C@@H]2CC[C@H]2CN2C[C@@]3(CCCc4cc(Cl)ccc43)COc3ccc(cc32)[C@@](O)(C(=O)O)CC(=O)N1C. The first-order valence-corrected chi connectivity index (χ1v) is 15.8. The molecule has 9 heteroatoms. The van der Waals surface area contributed by atoms with Crippen molar-refractivity contribution in [2.45, 2.75) is 75.0 Å². The van der Waals surface area contributed by atoms with Crippen molar-refractivity contribution in [1.29, 1.82) is 0 Å². The van der Waals surface area contributed by atoms with Crippen molar-refractivity contribution in [1.82, 2.24) is 4.90 Å². The molecule has 0 radical (unpaired) electrons. The third-order valence-electron chi connectivity index (χ3n) is 10.5. The number of ether oxygens (including phenoxy) is 1. The number of carboxylic acid groups (broad SMARTS) is 1. The summed E-state index contributed by atoms with van der Waals surface area (Å²) in [5.41, 5.74) is 0.571. The predicted molar refractivity (Wildman–Crippen MR) is 165 cm³/mol. The van der Waals surface area contributed by atoms with Crippen molar-refractivity contribution in [3.05, 3.63) is 70.3 Å². The van der Waals surface area contributed by atoms with Crippen LogP contribution in [0.3, 0.4) is 0 Å². The highest BCUT2D eigenvalue weighted by molar-refractivity contribution is 6.30. The normalized spacial score (nSPS) is 33.5. The van der Waals surface area contributed by atoms with Crippen LogP contribution in [0.25, 0.3) is 0 Å². The molecule has 1 spiro atoms. The van der Waals surface area contributed by atoms with E-state index in [1.54, 1.807) is 25.2 Å².